The quantitative estimate of drug-likeness (QED) is 0.917. The third kappa shape index (κ3) is 3.27. The predicted molar refractivity (Wildman–Crippen MR) is 86.8 cm³/mol. The SMILES string of the molecule is COc1ccc2c(c1)CC(NC(C)c1ccccc1)CC2. The van der Waals surface area contributed by atoms with Crippen molar-refractivity contribution < 1.29 is 4.74 Å². The number of hydrogen-bond donors (Lipinski definition) is 1. The van der Waals surface area contributed by atoms with Crippen LogP contribution in [0.15, 0.2) is 48.5 Å². The van der Waals surface area contributed by atoms with Crippen molar-refractivity contribution >= 4 is 0 Å². The molecule has 2 heteroatoms. The van der Waals surface area contributed by atoms with E-state index in [-0.39, 0.29) is 0 Å². The maximum Gasteiger partial charge on any atom is 0.119 e. The minimum Gasteiger partial charge on any atom is -0.497 e. The fraction of sp³-hybridized carbons (Fsp3) is 0.368. The topological polar surface area (TPSA) is 21.3 Å². The molecule has 1 aliphatic carbocycles. The van der Waals surface area contributed by atoms with Gasteiger partial charge in [-0.1, -0.05) is 36.4 Å². The highest BCUT2D eigenvalue weighted by atomic mass is 16.5. The molecule has 2 nitrogen and oxygen atoms in total. The maximum atomic E-state index is 5.35. The Morgan fingerprint density at radius 3 is 2.67 bits per heavy atom. The summed E-state index contributed by atoms with van der Waals surface area (Å²) in [4.78, 5) is 0. The van der Waals surface area contributed by atoms with Gasteiger partial charge in [-0.05, 0) is 55.0 Å². The van der Waals surface area contributed by atoms with E-state index in [0.717, 1.165) is 18.6 Å². The number of fused-ring (bicyclic) bond motifs is 1. The van der Waals surface area contributed by atoms with E-state index < -0.39 is 0 Å². The summed E-state index contributed by atoms with van der Waals surface area (Å²) in [5.74, 6) is 0.963. The van der Waals surface area contributed by atoms with Crippen LogP contribution in [-0.4, -0.2) is 13.2 Å². The lowest BCUT2D eigenvalue weighted by Gasteiger charge is -2.29. The van der Waals surface area contributed by atoms with Gasteiger partial charge in [0.2, 0.25) is 0 Å². The Balaban J connectivity index is 1.68. The summed E-state index contributed by atoms with van der Waals surface area (Å²) in [5, 5.41) is 3.77. The largest absolute Gasteiger partial charge is 0.497 e. The van der Waals surface area contributed by atoms with Gasteiger partial charge < -0.3 is 10.1 Å². The van der Waals surface area contributed by atoms with E-state index in [1.54, 1.807) is 7.11 Å². The van der Waals surface area contributed by atoms with E-state index in [0.29, 0.717) is 12.1 Å². The van der Waals surface area contributed by atoms with Crippen molar-refractivity contribution in [3.8, 4) is 5.75 Å². The molecule has 2 aromatic rings. The Labute approximate surface area is 127 Å². The number of rotatable bonds is 4. The first-order valence-corrected chi connectivity index (χ1v) is 7.73. The minimum absolute atomic E-state index is 0.392. The first kappa shape index (κ1) is 14.2. The molecule has 110 valence electrons. The van der Waals surface area contributed by atoms with Crippen LogP contribution < -0.4 is 10.1 Å². The number of methoxy groups -OCH3 is 1. The average molecular weight is 281 g/mol. The van der Waals surface area contributed by atoms with E-state index in [1.807, 2.05) is 0 Å². The number of nitrogens with one attached hydrogen (secondary N) is 1. The molecule has 2 atom stereocenters. The van der Waals surface area contributed by atoms with Crippen molar-refractivity contribution in [3.63, 3.8) is 0 Å². The van der Waals surface area contributed by atoms with Crippen molar-refractivity contribution in [1.82, 2.24) is 5.32 Å². The van der Waals surface area contributed by atoms with Gasteiger partial charge >= 0.3 is 0 Å². The van der Waals surface area contributed by atoms with E-state index in [2.05, 4.69) is 60.8 Å². The van der Waals surface area contributed by atoms with Crippen LogP contribution in [0, 0.1) is 0 Å². The molecule has 0 aliphatic heterocycles. The number of aryl methyl sites for hydroxylation is 1. The normalized spacial score (nSPS) is 18.9. The standard InChI is InChI=1S/C19H23NO/c1-14(15-6-4-3-5-7-15)20-18-10-8-16-9-11-19(21-2)13-17(16)12-18/h3-7,9,11,13-14,18,20H,8,10,12H2,1-2H3. The zero-order chi connectivity index (χ0) is 14.7. The van der Waals surface area contributed by atoms with Gasteiger partial charge in [0.1, 0.15) is 5.75 Å². The van der Waals surface area contributed by atoms with Gasteiger partial charge in [0, 0.05) is 12.1 Å². The van der Waals surface area contributed by atoms with Crippen LogP contribution in [-0.2, 0) is 12.8 Å². The lowest BCUT2D eigenvalue weighted by Crippen LogP contribution is -2.36. The lowest BCUT2D eigenvalue weighted by atomic mass is 9.87. The van der Waals surface area contributed by atoms with Crippen LogP contribution in [0.25, 0.3) is 0 Å². The summed E-state index contributed by atoms with van der Waals surface area (Å²) in [6.07, 6.45) is 3.44. The molecule has 3 rings (SSSR count). The van der Waals surface area contributed by atoms with Gasteiger partial charge in [-0.15, -0.1) is 0 Å². The van der Waals surface area contributed by atoms with Gasteiger partial charge in [0.05, 0.1) is 7.11 Å². The van der Waals surface area contributed by atoms with Gasteiger partial charge in [-0.3, -0.25) is 0 Å². The summed E-state index contributed by atoms with van der Waals surface area (Å²) >= 11 is 0. The Bertz CT molecular complexity index is 594. The van der Waals surface area contributed by atoms with Crippen LogP contribution in [0.2, 0.25) is 0 Å². The zero-order valence-electron chi connectivity index (χ0n) is 12.8. The monoisotopic (exact) mass is 281 g/mol. The highest BCUT2D eigenvalue weighted by molar-refractivity contribution is 5.38. The molecule has 2 aromatic carbocycles. The number of benzene rings is 2. The van der Waals surface area contributed by atoms with Crippen molar-refractivity contribution in [3.05, 3.63) is 65.2 Å². The highest BCUT2D eigenvalue weighted by Crippen LogP contribution is 2.26. The van der Waals surface area contributed by atoms with Crippen molar-refractivity contribution in [1.29, 1.82) is 0 Å². The van der Waals surface area contributed by atoms with E-state index in [9.17, 15) is 0 Å². The zero-order valence-corrected chi connectivity index (χ0v) is 12.8. The van der Waals surface area contributed by atoms with Crippen LogP contribution in [0.4, 0.5) is 0 Å². The molecule has 0 aromatic heterocycles. The van der Waals surface area contributed by atoms with Crippen molar-refractivity contribution in [2.45, 2.75) is 38.3 Å². The lowest BCUT2D eigenvalue weighted by molar-refractivity contribution is 0.402. The molecule has 0 saturated heterocycles. The van der Waals surface area contributed by atoms with Crippen LogP contribution in [0.3, 0.4) is 0 Å². The van der Waals surface area contributed by atoms with E-state index in [4.69, 9.17) is 4.74 Å². The summed E-state index contributed by atoms with van der Waals surface area (Å²) in [7, 11) is 1.73. The first-order valence-electron chi connectivity index (χ1n) is 7.73. The molecule has 0 bridgehead atoms. The second kappa shape index (κ2) is 6.31. The van der Waals surface area contributed by atoms with Crippen LogP contribution >= 0.6 is 0 Å². The fourth-order valence-corrected chi connectivity index (χ4v) is 3.19. The summed E-state index contributed by atoms with van der Waals surface area (Å²) in [6, 6.07) is 18.1. The molecule has 0 radical (unpaired) electrons. The Hall–Kier alpha value is -1.80. The molecule has 0 heterocycles. The van der Waals surface area contributed by atoms with Gasteiger partial charge in [-0.25, -0.2) is 0 Å². The van der Waals surface area contributed by atoms with Crippen molar-refractivity contribution in [2.24, 2.45) is 0 Å². The third-order valence-corrected chi connectivity index (χ3v) is 4.43. The second-order valence-corrected chi connectivity index (χ2v) is 5.87. The molecule has 0 spiro atoms. The van der Waals surface area contributed by atoms with Crippen molar-refractivity contribution in [2.75, 3.05) is 7.11 Å². The molecule has 0 saturated carbocycles. The summed E-state index contributed by atoms with van der Waals surface area (Å²) in [6.45, 7) is 2.25. The predicted octanol–water partition coefficient (Wildman–Crippen LogP) is 3.90. The smallest absolute Gasteiger partial charge is 0.119 e. The molecular formula is C19H23NO. The van der Waals surface area contributed by atoms with Gasteiger partial charge in [-0.2, -0.15) is 0 Å². The van der Waals surface area contributed by atoms with Crippen LogP contribution in [0.5, 0.6) is 5.75 Å². The maximum absolute atomic E-state index is 5.35. The Kier molecular flexibility index (Phi) is 4.26. The van der Waals surface area contributed by atoms with E-state index >= 15 is 0 Å². The number of hydrogen-bond acceptors (Lipinski definition) is 2. The Morgan fingerprint density at radius 2 is 1.90 bits per heavy atom. The molecule has 1 N–H and O–H groups in total. The second-order valence-electron chi connectivity index (χ2n) is 5.87. The molecule has 0 fully saturated rings. The first-order chi connectivity index (χ1) is 10.3. The van der Waals surface area contributed by atoms with Gasteiger partial charge in [0.15, 0.2) is 0 Å². The number of ether oxygens (including phenoxy) is 1. The molecule has 0 amide bonds. The Morgan fingerprint density at radius 1 is 1.10 bits per heavy atom. The summed E-state index contributed by atoms with van der Waals surface area (Å²) < 4.78 is 5.35. The van der Waals surface area contributed by atoms with E-state index in [1.165, 1.54) is 23.1 Å². The minimum atomic E-state index is 0.392. The van der Waals surface area contributed by atoms with Gasteiger partial charge in [0.25, 0.3) is 0 Å². The molecule has 1 aliphatic rings. The van der Waals surface area contributed by atoms with Crippen LogP contribution in [0.1, 0.15) is 36.1 Å². The fourth-order valence-electron chi connectivity index (χ4n) is 3.19. The molecular weight excluding hydrogens is 258 g/mol. The highest BCUT2D eigenvalue weighted by Gasteiger charge is 2.20. The molecule has 21 heavy (non-hydrogen) atoms. The average Bonchev–Trinajstić information content (AvgIpc) is 2.55. The molecule has 2 unspecified atom stereocenters. The summed E-state index contributed by atoms with van der Waals surface area (Å²) in [5.41, 5.74) is 4.26. The third-order valence-electron chi connectivity index (χ3n) is 4.43.